The summed E-state index contributed by atoms with van der Waals surface area (Å²) in [6.45, 7) is -0.185. The van der Waals surface area contributed by atoms with Gasteiger partial charge in [-0.1, -0.05) is 6.07 Å². The van der Waals surface area contributed by atoms with Crippen LogP contribution in [0.15, 0.2) is 88.1 Å². The fourth-order valence-corrected chi connectivity index (χ4v) is 3.10. The van der Waals surface area contributed by atoms with Gasteiger partial charge in [-0.2, -0.15) is 0 Å². The van der Waals surface area contributed by atoms with Crippen LogP contribution in [0.25, 0.3) is 11.0 Å². The molecule has 33 heavy (non-hydrogen) atoms. The van der Waals surface area contributed by atoms with Gasteiger partial charge < -0.3 is 24.5 Å². The Labute approximate surface area is 188 Å². The zero-order chi connectivity index (χ0) is 23.2. The Morgan fingerprint density at radius 2 is 1.64 bits per heavy atom. The molecule has 2 amide bonds. The van der Waals surface area contributed by atoms with Gasteiger partial charge in [0, 0.05) is 34.5 Å². The highest BCUT2D eigenvalue weighted by molar-refractivity contribution is 6.05. The first kappa shape index (κ1) is 21.6. The predicted molar refractivity (Wildman–Crippen MR) is 124 cm³/mol. The topological polar surface area (TPSA) is 107 Å². The van der Waals surface area contributed by atoms with Crippen LogP contribution < -0.4 is 25.7 Å². The molecule has 3 aromatic carbocycles. The van der Waals surface area contributed by atoms with Crippen LogP contribution in [-0.4, -0.2) is 25.5 Å². The molecule has 8 nitrogen and oxygen atoms in total. The van der Waals surface area contributed by atoms with Gasteiger partial charge in [0.05, 0.1) is 7.11 Å². The van der Waals surface area contributed by atoms with Gasteiger partial charge in [-0.25, -0.2) is 4.79 Å². The van der Waals surface area contributed by atoms with E-state index in [9.17, 15) is 14.4 Å². The van der Waals surface area contributed by atoms with Crippen LogP contribution in [0.2, 0.25) is 0 Å². The molecule has 0 aliphatic heterocycles. The van der Waals surface area contributed by atoms with E-state index in [0.29, 0.717) is 39.4 Å². The quantitative estimate of drug-likeness (QED) is 0.416. The van der Waals surface area contributed by atoms with Gasteiger partial charge in [-0.05, 0) is 60.7 Å². The molecule has 0 fully saturated rings. The first-order valence-electron chi connectivity index (χ1n) is 10.0. The Bertz CT molecular complexity index is 1360. The number of anilines is 2. The maximum atomic E-state index is 12.5. The highest BCUT2D eigenvalue weighted by Crippen LogP contribution is 2.20. The fraction of sp³-hybridized carbons (Fsp3) is 0.0800. The first-order valence-corrected chi connectivity index (χ1v) is 10.0. The van der Waals surface area contributed by atoms with Crippen molar-refractivity contribution in [3.05, 3.63) is 94.8 Å². The average molecular weight is 444 g/mol. The van der Waals surface area contributed by atoms with Gasteiger partial charge in [0.25, 0.3) is 11.8 Å². The maximum absolute atomic E-state index is 12.5. The van der Waals surface area contributed by atoms with Crippen molar-refractivity contribution in [2.45, 2.75) is 0 Å². The van der Waals surface area contributed by atoms with Crippen molar-refractivity contribution in [2.24, 2.45) is 0 Å². The highest BCUT2D eigenvalue weighted by atomic mass is 16.5. The van der Waals surface area contributed by atoms with E-state index in [-0.39, 0.29) is 18.4 Å². The van der Waals surface area contributed by atoms with E-state index in [2.05, 4.69) is 10.6 Å². The first-order chi connectivity index (χ1) is 16.0. The van der Waals surface area contributed by atoms with E-state index < -0.39 is 5.63 Å². The Kier molecular flexibility index (Phi) is 6.36. The number of hydrogen-bond donors (Lipinski definition) is 2. The van der Waals surface area contributed by atoms with Crippen LogP contribution in [0.1, 0.15) is 10.4 Å². The number of benzene rings is 3. The molecule has 0 saturated carbocycles. The second kappa shape index (κ2) is 9.69. The molecule has 2 N–H and O–H groups in total. The third kappa shape index (κ3) is 5.56. The lowest BCUT2D eigenvalue weighted by Crippen LogP contribution is -2.20. The molecule has 1 heterocycles. The maximum Gasteiger partial charge on any atom is 0.336 e. The fourth-order valence-electron chi connectivity index (χ4n) is 3.10. The van der Waals surface area contributed by atoms with Gasteiger partial charge in [0.15, 0.2) is 6.61 Å². The summed E-state index contributed by atoms with van der Waals surface area (Å²) in [6.07, 6.45) is 0. The molecule has 0 aliphatic rings. The monoisotopic (exact) mass is 444 g/mol. The van der Waals surface area contributed by atoms with Gasteiger partial charge in [0.1, 0.15) is 17.1 Å². The molecule has 4 aromatic rings. The van der Waals surface area contributed by atoms with E-state index in [0.717, 1.165) is 0 Å². The summed E-state index contributed by atoms with van der Waals surface area (Å²) in [5.74, 6) is 0.456. The molecule has 0 radical (unpaired) electrons. The van der Waals surface area contributed by atoms with Crippen LogP contribution in [0.5, 0.6) is 11.5 Å². The minimum absolute atomic E-state index is 0.185. The number of fused-ring (bicyclic) bond motifs is 1. The molecule has 0 unspecified atom stereocenters. The lowest BCUT2D eigenvalue weighted by Gasteiger charge is -2.09. The van der Waals surface area contributed by atoms with E-state index in [1.807, 2.05) is 0 Å². The Balaban J connectivity index is 1.32. The van der Waals surface area contributed by atoms with Gasteiger partial charge in [-0.3, -0.25) is 9.59 Å². The summed E-state index contributed by atoms with van der Waals surface area (Å²) < 4.78 is 15.7. The van der Waals surface area contributed by atoms with Gasteiger partial charge >= 0.3 is 5.63 Å². The molecule has 166 valence electrons. The van der Waals surface area contributed by atoms with Crippen molar-refractivity contribution in [1.82, 2.24) is 0 Å². The molecule has 0 bridgehead atoms. The normalized spacial score (nSPS) is 10.5. The largest absolute Gasteiger partial charge is 0.497 e. The lowest BCUT2D eigenvalue weighted by atomic mass is 10.2. The number of amides is 2. The van der Waals surface area contributed by atoms with Gasteiger partial charge in [-0.15, -0.1) is 0 Å². The lowest BCUT2D eigenvalue weighted by molar-refractivity contribution is -0.118. The molecule has 4 rings (SSSR count). The number of carbonyl (C=O) groups is 2. The number of hydrogen-bond acceptors (Lipinski definition) is 6. The minimum atomic E-state index is -0.431. The standard InChI is InChI=1S/C25H20N2O6/c1-31-21-4-2-3-18(14-21)26-23(28)15-32-20-9-5-16(6-10-20)25(30)27-19-8-11-22-17(13-19)7-12-24(29)33-22/h2-14H,15H2,1H3,(H,26,28)(H,27,30). The van der Waals surface area contributed by atoms with Gasteiger partial charge in [0.2, 0.25) is 0 Å². The number of nitrogens with one attached hydrogen (secondary N) is 2. The molecular weight excluding hydrogens is 424 g/mol. The average Bonchev–Trinajstić information content (AvgIpc) is 2.83. The van der Waals surface area contributed by atoms with Crippen LogP contribution in [0.4, 0.5) is 11.4 Å². The molecule has 8 heteroatoms. The summed E-state index contributed by atoms with van der Waals surface area (Å²) in [7, 11) is 1.55. The Morgan fingerprint density at radius 1 is 0.848 bits per heavy atom. The van der Waals surface area contributed by atoms with E-state index in [1.54, 1.807) is 79.9 Å². The minimum Gasteiger partial charge on any atom is -0.497 e. The SMILES string of the molecule is COc1cccc(NC(=O)COc2ccc(C(=O)Nc3ccc4oc(=O)ccc4c3)cc2)c1. The molecular formula is C25H20N2O6. The molecule has 0 saturated heterocycles. The third-order valence-electron chi connectivity index (χ3n) is 4.72. The number of ether oxygens (including phenoxy) is 2. The van der Waals surface area contributed by atoms with E-state index in [4.69, 9.17) is 13.9 Å². The summed E-state index contributed by atoms with van der Waals surface area (Å²) in [4.78, 5) is 35.9. The Morgan fingerprint density at radius 3 is 2.42 bits per heavy atom. The smallest absolute Gasteiger partial charge is 0.336 e. The third-order valence-corrected chi connectivity index (χ3v) is 4.72. The van der Waals surface area contributed by atoms with Crippen LogP contribution in [0.3, 0.4) is 0 Å². The van der Waals surface area contributed by atoms with Crippen molar-refractivity contribution >= 4 is 34.2 Å². The predicted octanol–water partition coefficient (Wildman–Crippen LogP) is 4.07. The molecule has 0 spiro atoms. The summed E-state index contributed by atoms with van der Waals surface area (Å²) in [5, 5.41) is 6.22. The number of carbonyl (C=O) groups excluding carboxylic acids is 2. The highest BCUT2D eigenvalue weighted by Gasteiger charge is 2.09. The number of methoxy groups -OCH3 is 1. The van der Waals surface area contributed by atoms with Crippen molar-refractivity contribution in [3.63, 3.8) is 0 Å². The van der Waals surface area contributed by atoms with E-state index in [1.165, 1.54) is 6.07 Å². The summed E-state index contributed by atoms with van der Waals surface area (Å²) in [5.41, 5.74) is 1.60. The second-order valence-corrected chi connectivity index (χ2v) is 7.05. The van der Waals surface area contributed by atoms with Crippen LogP contribution in [0, 0.1) is 0 Å². The van der Waals surface area contributed by atoms with Crippen molar-refractivity contribution < 1.29 is 23.5 Å². The molecule has 0 atom stereocenters. The zero-order valence-electron chi connectivity index (χ0n) is 17.7. The molecule has 0 aliphatic carbocycles. The van der Waals surface area contributed by atoms with Crippen molar-refractivity contribution in [2.75, 3.05) is 24.4 Å². The van der Waals surface area contributed by atoms with Crippen LogP contribution in [-0.2, 0) is 4.79 Å². The zero-order valence-corrected chi connectivity index (χ0v) is 17.7. The molecule has 1 aromatic heterocycles. The number of rotatable bonds is 7. The van der Waals surface area contributed by atoms with Crippen molar-refractivity contribution in [3.8, 4) is 11.5 Å². The van der Waals surface area contributed by atoms with E-state index >= 15 is 0 Å². The second-order valence-electron chi connectivity index (χ2n) is 7.05. The summed E-state index contributed by atoms with van der Waals surface area (Å²) in [6, 6.07) is 21.4. The van der Waals surface area contributed by atoms with Crippen LogP contribution >= 0.6 is 0 Å². The summed E-state index contributed by atoms with van der Waals surface area (Å²) >= 11 is 0. The van der Waals surface area contributed by atoms with Crippen molar-refractivity contribution in [1.29, 1.82) is 0 Å². The Hall–Kier alpha value is -4.59.